The van der Waals surface area contributed by atoms with Gasteiger partial charge in [0.1, 0.15) is 17.3 Å². The molecule has 186 valence electrons. The van der Waals surface area contributed by atoms with Crippen molar-refractivity contribution in [1.82, 2.24) is 25.3 Å². The number of H-pyrrole nitrogens is 1. The van der Waals surface area contributed by atoms with E-state index < -0.39 is 0 Å². The quantitative estimate of drug-likeness (QED) is 0.362. The number of halogens is 1. The topological polar surface area (TPSA) is 96.0 Å². The van der Waals surface area contributed by atoms with E-state index >= 15 is 0 Å². The third kappa shape index (κ3) is 5.36. The molecule has 0 radical (unpaired) electrons. The summed E-state index contributed by atoms with van der Waals surface area (Å²) in [5, 5.41) is 2.96. The van der Waals surface area contributed by atoms with Gasteiger partial charge < -0.3 is 19.9 Å². The van der Waals surface area contributed by atoms with Crippen molar-refractivity contribution in [1.29, 1.82) is 0 Å². The minimum absolute atomic E-state index is 0.160. The molecule has 2 N–H and O–H groups in total. The highest BCUT2D eigenvalue weighted by Crippen LogP contribution is 2.32. The lowest BCUT2D eigenvalue weighted by atomic mass is 10.1. The van der Waals surface area contributed by atoms with Crippen molar-refractivity contribution in [3.8, 4) is 11.3 Å². The Labute approximate surface area is 208 Å². The van der Waals surface area contributed by atoms with Crippen LogP contribution in [-0.4, -0.2) is 58.7 Å². The van der Waals surface area contributed by atoms with Crippen molar-refractivity contribution >= 4 is 22.8 Å². The van der Waals surface area contributed by atoms with Gasteiger partial charge in [-0.05, 0) is 61.7 Å². The van der Waals surface area contributed by atoms with Gasteiger partial charge in [0, 0.05) is 56.7 Å². The van der Waals surface area contributed by atoms with E-state index in [1.807, 2.05) is 6.07 Å². The maximum absolute atomic E-state index is 13.6. The van der Waals surface area contributed by atoms with E-state index in [1.165, 1.54) is 12.1 Å². The average Bonchev–Trinajstić information content (AvgIpc) is 3.44. The molecule has 0 aliphatic carbocycles. The summed E-state index contributed by atoms with van der Waals surface area (Å²) in [7, 11) is 1.74. The molecule has 3 heterocycles. The number of fused-ring (bicyclic) bond motifs is 1. The number of benzene rings is 2. The molecule has 1 amide bonds. The molecule has 0 bridgehead atoms. The number of methoxy groups -OCH3 is 1. The summed E-state index contributed by atoms with van der Waals surface area (Å²) in [6, 6.07) is 11.7. The Morgan fingerprint density at radius 2 is 1.94 bits per heavy atom. The number of hydrogen-bond donors (Lipinski definition) is 2. The Hall–Kier alpha value is -3.85. The molecular formula is C27H29FN6O2. The Kier molecular flexibility index (Phi) is 7.18. The highest BCUT2D eigenvalue weighted by molar-refractivity contribution is 5.97. The molecule has 1 saturated heterocycles. The zero-order valence-electron chi connectivity index (χ0n) is 20.2. The number of ether oxygens (including phenoxy) is 1. The number of piperidine rings is 1. The first-order valence-corrected chi connectivity index (χ1v) is 12.2. The lowest BCUT2D eigenvalue weighted by molar-refractivity contribution is 0.0818. The van der Waals surface area contributed by atoms with Gasteiger partial charge >= 0.3 is 0 Å². The molecule has 1 fully saturated rings. The molecule has 4 aromatic rings. The Bertz CT molecular complexity index is 1320. The standard InChI is InChI=1S/C27H29FN6O2/c1-36-21-10-15-34(16-11-21)26-25(18-4-7-20(28)8-5-18)32-23-17-19(6-9-22(23)33-26)27(35)31-12-2-3-24-29-13-14-30-24/h4-9,13-14,17,21H,2-3,10-12,15-16H2,1H3,(H,29,30)(H,31,35). The first-order chi connectivity index (χ1) is 17.6. The van der Waals surface area contributed by atoms with E-state index in [1.54, 1.807) is 43.8 Å². The third-order valence-electron chi connectivity index (χ3n) is 6.53. The monoisotopic (exact) mass is 488 g/mol. The summed E-state index contributed by atoms with van der Waals surface area (Å²) < 4.78 is 19.1. The van der Waals surface area contributed by atoms with Gasteiger partial charge in [0.25, 0.3) is 5.91 Å². The van der Waals surface area contributed by atoms with Crippen LogP contribution in [0.1, 0.15) is 35.4 Å². The summed E-state index contributed by atoms with van der Waals surface area (Å²) >= 11 is 0. The van der Waals surface area contributed by atoms with Gasteiger partial charge in [-0.25, -0.2) is 19.3 Å². The second kappa shape index (κ2) is 10.8. The number of anilines is 1. The fraction of sp³-hybridized carbons (Fsp3) is 0.333. The maximum atomic E-state index is 13.6. The Balaban J connectivity index is 1.40. The number of aromatic nitrogens is 4. The van der Waals surface area contributed by atoms with Crippen LogP contribution in [0.25, 0.3) is 22.3 Å². The molecule has 2 aromatic carbocycles. The molecule has 8 nitrogen and oxygen atoms in total. The van der Waals surface area contributed by atoms with Crippen molar-refractivity contribution in [3.63, 3.8) is 0 Å². The molecule has 9 heteroatoms. The number of aryl methyl sites for hydroxylation is 1. The number of imidazole rings is 1. The number of rotatable bonds is 8. The van der Waals surface area contributed by atoms with Crippen LogP contribution in [-0.2, 0) is 11.2 Å². The van der Waals surface area contributed by atoms with E-state index in [0.717, 1.165) is 56.0 Å². The number of nitrogens with zero attached hydrogens (tertiary/aromatic N) is 4. The van der Waals surface area contributed by atoms with E-state index in [2.05, 4.69) is 20.2 Å². The van der Waals surface area contributed by atoms with Crippen molar-refractivity contribution in [2.45, 2.75) is 31.8 Å². The molecule has 0 saturated carbocycles. The Morgan fingerprint density at radius 1 is 1.14 bits per heavy atom. The van der Waals surface area contributed by atoms with Crippen LogP contribution in [0, 0.1) is 5.82 Å². The summed E-state index contributed by atoms with van der Waals surface area (Å²) in [6.07, 6.45) is 7.10. The molecule has 1 aliphatic heterocycles. The van der Waals surface area contributed by atoms with Gasteiger partial charge in [0.15, 0.2) is 5.82 Å². The minimum Gasteiger partial charge on any atom is -0.381 e. The summed E-state index contributed by atoms with van der Waals surface area (Å²) in [5.41, 5.74) is 3.30. The maximum Gasteiger partial charge on any atom is 0.251 e. The Morgan fingerprint density at radius 3 is 2.67 bits per heavy atom. The van der Waals surface area contributed by atoms with Crippen LogP contribution < -0.4 is 10.2 Å². The second-order valence-electron chi connectivity index (χ2n) is 8.92. The fourth-order valence-corrected chi connectivity index (χ4v) is 4.51. The number of carbonyl (C=O) groups is 1. The van der Waals surface area contributed by atoms with Crippen LogP contribution >= 0.6 is 0 Å². The van der Waals surface area contributed by atoms with Gasteiger partial charge in [-0.1, -0.05) is 0 Å². The van der Waals surface area contributed by atoms with E-state index in [4.69, 9.17) is 14.7 Å². The second-order valence-corrected chi connectivity index (χ2v) is 8.92. The summed E-state index contributed by atoms with van der Waals surface area (Å²) in [4.78, 5) is 32.1. The van der Waals surface area contributed by atoms with E-state index in [0.29, 0.717) is 28.8 Å². The summed E-state index contributed by atoms with van der Waals surface area (Å²) in [6.45, 7) is 2.14. The van der Waals surface area contributed by atoms with Gasteiger partial charge in [0.05, 0.1) is 17.1 Å². The molecule has 0 unspecified atom stereocenters. The first kappa shape index (κ1) is 23.9. The van der Waals surface area contributed by atoms with E-state index in [9.17, 15) is 9.18 Å². The molecule has 2 aromatic heterocycles. The predicted octanol–water partition coefficient (Wildman–Crippen LogP) is 4.14. The van der Waals surface area contributed by atoms with E-state index in [-0.39, 0.29) is 17.8 Å². The van der Waals surface area contributed by atoms with Crippen molar-refractivity contribution in [2.75, 3.05) is 31.6 Å². The van der Waals surface area contributed by atoms with Crippen molar-refractivity contribution in [3.05, 3.63) is 72.1 Å². The predicted molar refractivity (Wildman–Crippen MR) is 136 cm³/mol. The highest BCUT2D eigenvalue weighted by atomic mass is 19.1. The minimum atomic E-state index is -0.305. The number of nitrogens with one attached hydrogen (secondary N) is 2. The molecule has 36 heavy (non-hydrogen) atoms. The number of amides is 1. The number of hydrogen-bond acceptors (Lipinski definition) is 6. The number of aromatic amines is 1. The molecule has 0 atom stereocenters. The zero-order valence-corrected chi connectivity index (χ0v) is 20.2. The summed E-state index contributed by atoms with van der Waals surface area (Å²) in [5.74, 6) is 1.20. The van der Waals surface area contributed by atoms with Crippen LogP contribution in [0.2, 0.25) is 0 Å². The molecule has 0 spiro atoms. The van der Waals surface area contributed by atoms with Gasteiger partial charge in [-0.15, -0.1) is 0 Å². The number of carbonyl (C=O) groups excluding carboxylic acids is 1. The first-order valence-electron chi connectivity index (χ1n) is 12.2. The van der Waals surface area contributed by atoms with Crippen molar-refractivity contribution < 1.29 is 13.9 Å². The SMILES string of the molecule is COC1CCN(c2nc3ccc(C(=O)NCCCc4ncc[nH]4)cc3nc2-c2ccc(F)cc2)CC1. The molecule has 1 aliphatic rings. The highest BCUT2D eigenvalue weighted by Gasteiger charge is 2.24. The van der Waals surface area contributed by atoms with Gasteiger partial charge in [-0.2, -0.15) is 0 Å². The van der Waals surface area contributed by atoms with Crippen molar-refractivity contribution in [2.24, 2.45) is 0 Å². The third-order valence-corrected chi connectivity index (χ3v) is 6.53. The molecular weight excluding hydrogens is 459 g/mol. The van der Waals surface area contributed by atoms with Gasteiger partial charge in [0.2, 0.25) is 0 Å². The van der Waals surface area contributed by atoms with Crippen LogP contribution in [0.4, 0.5) is 10.2 Å². The van der Waals surface area contributed by atoms with Crippen LogP contribution in [0.5, 0.6) is 0 Å². The lowest BCUT2D eigenvalue weighted by Gasteiger charge is -2.33. The average molecular weight is 489 g/mol. The largest absolute Gasteiger partial charge is 0.381 e. The van der Waals surface area contributed by atoms with Gasteiger partial charge in [-0.3, -0.25) is 4.79 Å². The smallest absolute Gasteiger partial charge is 0.251 e. The molecule has 5 rings (SSSR count). The van der Waals surface area contributed by atoms with Crippen LogP contribution in [0.3, 0.4) is 0 Å². The fourth-order valence-electron chi connectivity index (χ4n) is 4.51. The zero-order chi connectivity index (χ0) is 24.9. The lowest BCUT2D eigenvalue weighted by Crippen LogP contribution is -2.37. The normalized spacial score (nSPS) is 14.3. The van der Waals surface area contributed by atoms with Crippen LogP contribution in [0.15, 0.2) is 54.9 Å².